The van der Waals surface area contributed by atoms with Crippen LogP contribution in [0, 0.1) is 6.92 Å². The molecule has 16 heavy (non-hydrogen) atoms. The predicted octanol–water partition coefficient (Wildman–Crippen LogP) is 2.04. The molecule has 0 saturated heterocycles. The van der Waals surface area contributed by atoms with Crippen molar-refractivity contribution in [2.75, 3.05) is 7.11 Å². The summed E-state index contributed by atoms with van der Waals surface area (Å²) in [6, 6.07) is 6.95. The first-order valence-corrected chi connectivity index (χ1v) is 4.81. The van der Waals surface area contributed by atoms with Crippen LogP contribution in [0.15, 0.2) is 24.3 Å². The van der Waals surface area contributed by atoms with Crippen LogP contribution in [0.1, 0.15) is 16.1 Å². The average Bonchev–Trinajstić information content (AvgIpc) is 2.29. The van der Waals surface area contributed by atoms with Crippen LogP contribution in [0.3, 0.4) is 0 Å². The van der Waals surface area contributed by atoms with Crippen molar-refractivity contribution >= 4 is 16.9 Å². The number of hydrogen-bond donors (Lipinski definition) is 1. The summed E-state index contributed by atoms with van der Waals surface area (Å²) in [6.07, 6.45) is 0. The molecule has 0 fully saturated rings. The van der Waals surface area contributed by atoms with Gasteiger partial charge in [0.2, 0.25) is 0 Å². The molecule has 1 heterocycles. The van der Waals surface area contributed by atoms with E-state index >= 15 is 0 Å². The van der Waals surface area contributed by atoms with Crippen LogP contribution in [0.5, 0.6) is 5.75 Å². The lowest BCUT2D eigenvalue weighted by molar-refractivity contribution is 0.0597. The lowest BCUT2D eigenvalue weighted by atomic mass is 10.1. The predicted molar refractivity (Wildman–Crippen MR) is 59.5 cm³/mol. The van der Waals surface area contributed by atoms with Crippen LogP contribution in [0.4, 0.5) is 0 Å². The minimum absolute atomic E-state index is 0.131. The highest BCUT2D eigenvalue weighted by Gasteiger charge is 2.14. The summed E-state index contributed by atoms with van der Waals surface area (Å²) < 4.78 is 4.57. The second-order valence-corrected chi connectivity index (χ2v) is 3.48. The highest BCUT2D eigenvalue weighted by atomic mass is 16.5. The van der Waals surface area contributed by atoms with E-state index in [1.165, 1.54) is 13.2 Å². The summed E-state index contributed by atoms with van der Waals surface area (Å²) in [6.45, 7) is 1.82. The van der Waals surface area contributed by atoms with Gasteiger partial charge < -0.3 is 9.84 Å². The number of phenolic OH excluding ortho intramolecular Hbond substituents is 1. The van der Waals surface area contributed by atoms with Crippen LogP contribution < -0.4 is 0 Å². The molecule has 0 spiro atoms. The highest BCUT2D eigenvalue weighted by Crippen LogP contribution is 2.27. The van der Waals surface area contributed by atoms with Gasteiger partial charge in [-0.2, -0.15) is 0 Å². The number of carbonyl (C=O) groups excluding carboxylic acids is 1. The normalized spacial score (nSPS) is 10.4. The fourth-order valence-corrected chi connectivity index (χ4v) is 1.55. The molecule has 0 amide bonds. The van der Waals surface area contributed by atoms with Gasteiger partial charge in [-0.3, -0.25) is 0 Å². The lowest BCUT2D eigenvalue weighted by Gasteiger charge is -2.06. The number of rotatable bonds is 1. The molecule has 0 aliphatic heterocycles. The Kier molecular flexibility index (Phi) is 2.48. The van der Waals surface area contributed by atoms with Crippen molar-refractivity contribution in [2.24, 2.45) is 0 Å². The van der Waals surface area contributed by atoms with E-state index in [0.29, 0.717) is 5.52 Å². The van der Waals surface area contributed by atoms with Crippen molar-refractivity contribution < 1.29 is 14.6 Å². The van der Waals surface area contributed by atoms with Gasteiger partial charge in [0.25, 0.3) is 0 Å². The summed E-state index contributed by atoms with van der Waals surface area (Å²) in [5.74, 6) is -0.698. The van der Waals surface area contributed by atoms with Crippen molar-refractivity contribution in [3.05, 3.63) is 35.5 Å². The second-order valence-electron chi connectivity index (χ2n) is 3.48. The molecule has 0 unspecified atom stereocenters. The van der Waals surface area contributed by atoms with Gasteiger partial charge in [0, 0.05) is 11.1 Å². The third kappa shape index (κ3) is 1.58. The molecule has 0 bridgehead atoms. The molecular weight excluding hydrogens is 206 g/mol. The van der Waals surface area contributed by atoms with Gasteiger partial charge >= 0.3 is 5.97 Å². The van der Waals surface area contributed by atoms with Crippen LogP contribution >= 0.6 is 0 Å². The number of esters is 1. The van der Waals surface area contributed by atoms with E-state index in [1.54, 1.807) is 6.07 Å². The van der Waals surface area contributed by atoms with E-state index in [2.05, 4.69) is 9.72 Å². The summed E-state index contributed by atoms with van der Waals surface area (Å²) in [7, 11) is 1.27. The van der Waals surface area contributed by atoms with Gasteiger partial charge in [-0.25, -0.2) is 9.78 Å². The van der Waals surface area contributed by atoms with Crippen molar-refractivity contribution in [3.8, 4) is 5.75 Å². The number of aromatic nitrogens is 1. The Morgan fingerprint density at radius 2 is 2.00 bits per heavy atom. The molecule has 82 valence electrons. The third-order valence-electron chi connectivity index (χ3n) is 2.38. The summed E-state index contributed by atoms with van der Waals surface area (Å²) in [5, 5.41) is 10.7. The van der Waals surface area contributed by atoms with Gasteiger partial charge in [-0.05, 0) is 19.1 Å². The fraction of sp³-hybridized carbons (Fsp3) is 0.167. The Bertz CT molecular complexity index is 563. The maximum Gasteiger partial charge on any atom is 0.341 e. The number of hydrogen-bond acceptors (Lipinski definition) is 4. The molecule has 0 atom stereocenters. The second kappa shape index (κ2) is 3.81. The monoisotopic (exact) mass is 217 g/mol. The first-order chi connectivity index (χ1) is 7.63. The average molecular weight is 217 g/mol. The van der Waals surface area contributed by atoms with Gasteiger partial charge in [-0.15, -0.1) is 0 Å². The number of benzene rings is 1. The number of nitrogens with zero attached hydrogens (tertiary/aromatic N) is 1. The molecule has 0 aliphatic carbocycles. The third-order valence-corrected chi connectivity index (χ3v) is 2.38. The van der Waals surface area contributed by atoms with Crippen molar-refractivity contribution in [1.29, 1.82) is 0 Å². The smallest absolute Gasteiger partial charge is 0.341 e. The fourth-order valence-electron chi connectivity index (χ4n) is 1.55. The van der Waals surface area contributed by atoms with E-state index < -0.39 is 5.97 Å². The van der Waals surface area contributed by atoms with E-state index in [0.717, 1.165) is 11.1 Å². The van der Waals surface area contributed by atoms with Crippen LogP contribution in [0.25, 0.3) is 10.9 Å². The number of methoxy groups -OCH3 is 1. The van der Waals surface area contributed by atoms with Crippen LogP contribution in [0.2, 0.25) is 0 Å². The Morgan fingerprint density at radius 1 is 1.31 bits per heavy atom. The maximum absolute atomic E-state index is 11.4. The van der Waals surface area contributed by atoms with E-state index in [1.807, 2.05) is 19.1 Å². The number of pyridine rings is 1. The molecule has 2 aromatic rings. The van der Waals surface area contributed by atoms with Crippen LogP contribution in [-0.2, 0) is 4.74 Å². The van der Waals surface area contributed by atoms with E-state index in [9.17, 15) is 9.90 Å². The first-order valence-electron chi connectivity index (χ1n) is 4.81. The molecule has 4 nitrogen and oxygen atoms in total. The molecule has 0 radical (unpaired) electrons. The zero-order valence-electron chi connectivity index (χ0n) is 9.02. The number of aryl methyl sites for hydroxylation is 1. The number of phenols is 1. The molecule has 1 aromatic heterocycles. The van der Waals surface area contributed by atoms with Crippen molar-refractivity contribution in [2.45, 2.75) is 6.92 Å². The number of ether oxygens (including phenoxy) is 1. The molecule has 1 N–H and O–H groups in total. The van der Waals surface area contributed by atoms with Gasteiger partial charge in [0.05, 0.1) is 7.11 Å². The summed E-state index contributed by atoms with van der Waals surface area (Å²) in [4.78, 5) is 15.5. The quantitative estimate of drug-likeness (QED) is 0.742. The minimum Gasteiger partial charge on any atom is -0.505 e. The molecule has 0 aliphatic rings. The standard InChI is InChI=1S/C12H11NO3/c1-7-3-4-8-5-6-9(12(15)16-2)11(14)10(8)13-7/h3-6,14H,1-2H3. The van der Waals surface area contributed by atoms with E-state index in [4.69, 9.17) is 0 Å². The zero-order valence-corrected chi connectivity index (χ0v) is 9.02. The van der Waals surface area contributed by atoms with E-state index in [-0.39, 0.29) is 11.3 Å². The van der Waals surface area contributed by atoms with Crippen molar-refractivity contribution in [1.82, 2.24) is 4.98 Å². The molecular formula is C12H11NO3. The molecule has 1 aromatic carbocycles. The Morgan fingerprint density at radius 3 is 2.69 bits per heavy atom. The van der Waals surface area contributed by atoms with Crippen molar-refractivity contribution in [3.63, 3.8) is 0 Å². The Balaban J connectivity index is 2.72. The Labute approximate surface area is 92.5 Å². The topological polar surface area (TPSA) is 59.4 Å². The Hall–Kier alpha value is -2.10. The van der Waals surface area contributed by atoms with Gasteiger partial charge in [0.1, 0.15) is 11.1 Å². The largest absolute Gasteiger partial charge is 0.505 e. The van der Waals surface area contributed by atoms with Crippen LogP contribution in [-0.4, -0.2) is 23.2 Å². The molecule has 2 rings (SSSR count). The van der Waals surface area contributed by atoms with Gasteiger partial charge in [-0.1, -0.05) is 12.1 Å². The maximum atomic E-state index is 11.4. The first kappa shape index (κ1) is 10.4. The summed E-state index contributed by atoms with van der Waals surface area (Å²) in [5.41, 5.74) is 1.33. The minimum atomic E-state index is -0.567. The summed E-state index contributed by atoms with van der Waals surface area (Å²) >= 11 is 0. The number of carbonyl (C=O) groups is 1. The molecule has 4 heteroatoms. The number of aromatic hydroxyl groups is 1. The SMILES string of the molecule is COC(=O)c1ccc2ccc(C)nc2c1O. The lowest BCUT2D eigenvalue weighted by Crippen LogP contribution is -2.02. The molecule has 0 saturated carbocycles. The number of fused-ring (bicyclic) bond motifs is 1. The van der Waals surface area contributed by atoms with Gasteiger partial charge in [0.15, 0.2) is 5.75 Å². The highest BCUT2D eigenvalue weighted by molar-refractivity contribution is 5.99. The zero-order chi connectivity index (χ0) is 11.7.